The van der Waals surface area contributed by atoms with Gasteiger partial charge in [0.05, 0.1) is 11.6 Å². The number of hydrogen-bond donors (Lipinski definition) is 1. The van der Waals surface area contributed by atoms with Crippen LogP contribution in [-0.4, -0.2) is 4.98 Å². The predicted molar refractivity (Wildman–Crippen MR) is 79.6 cm³/mol. The molecule has 1 aromatic heterocycles. The third kappa shape index (κ3) is 3.47. The van der Waals surface area contributed by atoms with Gasteiger partial charge in [0, 0.05) is 27.2 Å². The van der Waals surface area contributed by atoms with E-state index in [1.807, 2.05) is 30.5 Å². The Morgan fingerprint density at radius 1 is 1.22 bits per heavy atom. The monoisotopic (exact) mass is 280 g/mol. The molecule has 0 aliphatic carbocycles. The summed E-state index contributed by atoms with van der Waals surface area (Å²) in [5.41, 5.74) is 1.20. The van der Waals surface area contributed by atoms with Gasteiger partial charge in [-0.05, 0) is 24.3 Å². The quantitative estimate of drug-likeness (QED) is 0.881. The molecule has 0 fully saturated rings. The predicted octanol–water partition coefficient (Wildman–Crippen LogP) is 4.71. The molecule has 0 saturated heterocycles. The lowest BCUT2D eigenvalue weighted by molar-refractivity contribution is 0.585. The van der Waals surface area contributed by atoms with Crippen LogP contribution in [0, 0.1) is 0 Å². The molecule has 0 aliphatic rings. The van der Waals surface area contributed by atoms with Crippen molar-refractivity contribution in [2.75, 3.05) is 5.32 Å². The van der Waals surface area contributed by atoms with Crippen molar-refractivity contribution in [3.05, 3.63) is 45.4 Å². The molecule has 2 aromatic rings. The Hall–Kier alpha value is -1.06. The maximum absolute atomic E-state index is 5.85. The zero-order chi connectivity index (χ0) is 13.2. The summed E-state index contributed by atoms with van der Waals surface area (Å²) in [5.74, 6) is 0. The number of aromatic nitrogens is 1. The largest absolute Gasteiger partial charge is 0.380 e. The molecule has 0 radical (unpaired) electrons. The third-order valence-corrected chi connectivity index (χ3v) is 4.18. The van der Waals surface area contributed by atoms with Crippen molar-refractivity contribution in [1.29, 1.82) is 0 Å². The van der Waals surface area contributed by atoms with E-state index in [2.05, 4.69) is 31.1 Å². The summed E-state index contributed by atoms with van der Waals surface area (Å²) in [5, 5.41) is 5.30. The summed E-state index contributed by atoms with van der Waals surface area (Å²) in [6.45, 7) is 7.35. The summed E-state index contributed by atoms with van der Waals surface area (Å²) in [6, 6.07) is 7.73. The van der Waals surface area contributed by atoms with E-state index in [0.717, 1.165) is 17.3 Å². The van der Waals surface area contributed by atoms with Crippen molar-refractivity contribution in [2.45, 2.75) is 32.7 Å². The van der Waals surface area contributed by atoms with Gasteiger partial charge in [-0.3, -0.25) is 0 Å². The van der Waals surface area contributed by atoms with E-state index in [1.54, 1.807) is 11.3 Å². The van der Waals surface area contributed by atoms with E-state index < -0.39 is 0 Å². The number of nitrogens with zero attached hydrogens (tertiary/aromatic N) is 1. The molecule has 96 valence electrons. The van der Waals surface area contributed by atoms with Crippen molar-refractivity contribution in [3.63, 3.8) is 0 Å². The van der Waals surface area contributed by atoms with Crippen LogP contribution in [0.3, 0.4) is 0 Å². The van der Waals surface area contributed by atoms with Gasteiger partial charge in [-0.2, -0.15) is 0 Å². The highest BCUT2D eigenvalue weighted by Crippen LogP contribution is 2.27. The van der Waals surface area contributed by atoms with Crippen LogP contribution in [0.15, 0.2) is 30.5 Å². The standard InChI is InChI=1S/C14H17ClN2S/c1-14(2,3)13-17-9-12(18-13)8-16-11-6-4-10(15)5-7-11/h4-7,9,16H,8H2,1-3H3. The van der Waals surface area contributed by atoms with Crippen LogP contribution in [0.25, 0.3) is 0 Å². The topological polar surface area (TPSA) is 24.9 Å². The van der Waals surface area contributed by atoms with Gasteiger partial charge in [0.1, 0.15) is 0 Å². The summed E-state index contributed by atoms with van der Waals surface area (Å²) in [7, 11) is 0. The zero-order valence-corrected chi connectivity index (χ0v) is 12.4. The van der Waals surface area contributed by atoms with Crippen LogP contribution < -0.4 is 5.32 Å². The van der Waals surface area contributed by atoms with Crippen molar-refractivity contribution >= 4 is 28.6 Å². The number of benzene rings is 1. The number of rotatable bonds is 3. The molecule has 1 aromatic carbocycles. The van der Waals surface area contributed by atoms with E-state index >= 15 is 0 Å². The highest BCUT2D eigenvalue weighted by atomic mass is 35.5. The maximum Gasteiger partial charge on any atom is 0.0981 e. The molecular weight excluding hydrogens is 264 g/mol. The van der Waals surface area contributed by atoms with Crippen LogP contribution in [0.1, 0.15) is 30.7 Å². The number of halogens is 1. The van der Waals surface area contributed by atoms with Gasteiger partial charge in [-0.1, -0.05) is 32.4 Å². The minimum atomic E-state index is 0.128. The van der Waals surface area contributed by atoms with Crippen LogP contribution in [0.2, 0.25) is 5.02 Å². The van der Waals surface area contributed by atoms with Crippen molar-refractivity contribution < 1.29 is 0 Å². The minimum Gasteiger partial charge on any atom is -0.380 e. The zero-order valence-electron chi connectivity index (χ0n) is 10.8. The van der Waals surface area contributed by atoms with Gasteiger partial charge in [-0.15, -0.1) is 11.3 Å². The first kappa shape index (κ1) is 13.4. The van der Waals surface area contributed by atoms with Crippen LogP contribution in [0.4, 0.5) is 5.69 Å². The molecule has 0 unspecified atom stereocenters. The first-order valence-corrected chi connectivity index (χ1v) is 7.09. The average molecular weight is 281 g/mol. The van der Waals surface area contributed by atoms with E-state index in [0.29, 0.717) is 0 Å². The van der Waals surface area contributed by atoms with Crippen molar-refractivity contribution in [3.8, 4) is 0 Å². The molecule has 2 rings (SSSR count). The van der Waals surface area contributed by atoms with Gasteiger partial charge in [0.15, 0.2) is 0 Å². The Morgan fingerprint density at radius 3 is 2.44 bits per heavy atom. The number of nitrogens with one attached hydrogen (secondary N) is 1. The molecular formula is C14H17ClN2S. The van der Waals surface area contributed by atoms with E-state index in [4.69, 9.17) is 11.6 Å². The second kappa shape index (κ2) is 5.29. The van der Waals surface area contributed by atoms with E-state index in [9.17, 15) is 0 Å². The molecule has 0 spiro atoms. The van der Waals surface area contributed by atoms with Crippen LogP contribution in [-0.2, 0) is 12.0 Å². The average Bonchev–Trinajstić information content (AvgIpc) is 2.77. The molecule has 0 amide bonds. The number of hydrogen-bond acceptors (Lipinski definition) is 3. The molecule has 1 heterocycles. The highest BCUT2D eigenvalue weighted by molar-refractivity contribution is 7.11. The summed E-state index contributed by atoms with van der Waals surface area (Å²) in [4.78, 5) is 5.72. The number of thiazole rings is 1. The second-order valence-electron chi connectivity index (χ2n) is 5.24. The van der Waals surface area contributed by atoms with E-state index in [1.165, 1.54) is 9.88 Å². The first-order valence-electron chi connectivity index (χ1n) is 5.90. The Balaban J connectivity index is 1.98. The van der Waals surface area contributed by atoms with Gasteiger partial charge in [0.25, 0.3) is 0 Å². The molecule has 4 heteroatoms. The molecule has 0 atom stereocenters. The second-order valence-corrected chi connectivity index (χ2v) is 6.79. The third-order valence-electron chi connectivity index (χ3n) is 2.51. The Morgan fingerprint density at radius 2 is 1.89 bits per heavy atom. The number of anilines is 1. The SMILES string of the molecule is CC(C)(C)c1ncc(CNc2ccc(Cl)cc2)s1. The fourth-order valence-corrected chi connectivity index (χ4v) is 2.53. The maximum atomic E-state index is 5.85. The smallest absolute Gasteiger partial charge is 0.0981 e. The van der Waals surface area contributed by atoms with Crippen molar-refractivity contribution in [1.82, 2.24) is 4.98 Å². The lowest BCUT2D eigenvalue weighted by Crippen LogP contribution is -2.09. The van der Waals surface area contributed by atoms with Crippen molar-refractivity contribution in [2.24, 2.45) is 0 Å². The minimum absolute atomic E-state index is 0.128. The summed E-state index contributed by atoms with van der Waals surface area (Å²) in [6.07, 6.45) is 1.95. The Labute approximate surface area is 117 Å². The van der Waals surface area contributed by atoms with Crippen LogP contribution in [0.5, 0.6) is 0 Å². The lowest BCUT2D eigenvalue weighted by Gasteiger charge is -2.13. The molecule has 0 aliphatic heterocycles. The van der Waals surface area contributed by atoms with E-state index in [-0.39, 0.29) is 5.41 Å². The van der Waals surface area contributed by atoms with Gasteiger partial charge >= 0.3 is 0 Å². The highest BCUT2D eigenvalue weighted by Gasteiger charge is 2.17. The fraction of sp³-hybridized carbons (Fsp3) is 0.357. The molecule has 0 bridgehead atoms. The molecule has 2 nitrogen and oxygen atoms in total. The normalized spacial score (nSPS) is 11.6. The van der Waals surface area contributed by atoms with Gasteiger partial charge in [0.2, 0.25) is 0 Å². The summed E-state index contributed by atoms with van der Waals surface area (Å²) >= 11 is 7.61. The Kier molecular flexibility index (Phi) is 3.93. The fourth-order valence-electron chi connectivity index (χ4n) is 1.49. The van der Waals surface area contributed by atoms with Gasteiger partial charge < -0.3 is 5.32 Å². The lowest BCUT2D eigenvalue weighted by atomic mass is 9.98. The van der Waals surface area contributed by atoms with Gasteiger partial charge in [-0.25, -0.2) is 4.98 Å². The molecule has 1 N–H and O–H groups in total. The molecule has 18 heavy (non-hydrogen) atoms. The first-order chi connectivity index (χ1) is 8.45. The molecule has 0 saturated carbocycles. The van der Waals surface area contributed by atoms with Crippen LogP contribution >= 0.6 is 22.9 Å². The Bertz CT molecular complexity index is 511. The summed E-state index contributed by atoms with van der Waals surface area (Å²) < 4.78 is 0.